The summed E-state index contributed by atoms with van der Waals surface area (Å²) in [6.45, 7) is 5.37. The van der Waals surface area contributed by atoms with Gasteiger partial charge >= 0.3 is 0 Å². The van der Waals surface area contributed by atoms with Crippen molar-refractivity contribution in [1.82, 2.24) is 5.32 Å². The molecule has 0 spiro atoms. The second-order valence-electron chi connectivity index (χ2n) is 13.0. The predicted molar refractivity (Wildman–Crippen MR) is 193 cm³/mol. The smallest absolute Gasteiger partial charge is 0.207 e. The third-order valence-corrected chi connectivity index (χ3v) is 9.93. The van der Waals surface area contributed by atoms with E-state index in [0.717, 1.165) is 57.0 Å². The van der Waals surface area contributed by atoms with Crippen molar-refractivity contribution in [2.45, 2.75) is 31.8 Å². The second-order valence-corrected chi connectivity index (χ2v) is 13.0. The van der Waals surface area contributed by atoms with Crippen LogP contribution in [0, 0.1) is 0 Å². The number of rotatable bonds is 2. The summed E-state index contributed by atoms with van der Waals surface area (Å²) in [6, 6.07) is 42.4. The Kier molecular flexibility index (Phi) is 6.29. The van der Waals surface area contributed by atoms with E-state index < -0.39 is 6.17 Å². The highest BCUT2D eigenvalue weighted by atomic mass is 16.3. The van der Waals surface area contributed by atoms with E-state index in [1.165, 1.54) is 27.8 Å². The number of para-hydroxylation sites is 3. The number of amidine groups is 1. The van der Waals surface area contributed by atoms with E-state index >= 15 is 0 Å². The van der Waals surface area contributed by atoms with Gasteiger partial charge in [0, 0.05) is 39.5 Å². The highest BCUT2D eigenvalue weighted by molar-refractivity contribution is 6.15. The fraction of sp³-hybridized carbons (Fsp3) is 0.143. The van der Waals surface area contributed by atoms with Crippen molar-refractivity contribution < 1.29 is 4.42 Å². The lowest BCUT2D eigenvalue weighted by Gasteiger charge is -2.35. The fourth-order valence-electron chi connectivity index (χ4n) is 7.51. The monoisotopic (exact) mass is 610 g/mol. The molecule has 5 aromatic carbocycles. The normalized spacial score (nSPS) is 19.1. The van der Waals surface area contributed by atoms with Crippen LogP contribution in [0.4, 0.5) is 5.69 Å². The standard InChI is InChI=1S/C42H34N4O/c1-42(2)34-23-9-7-18-29(34)30-20-12-17-27-14-6-10-24-36(27)46(26-35(30)42)41-44-39(28-15-4-3-5-16-28)43-40(45-41)33-22-13-21-32-31-19-8-11-25-37(31)47-38(32)33/h3-16,18-25,40H,17,26H2,1-2H3,(H,43,44,45)/b20-12-. The largest absolute Gasteiger partial charge is 0.456 e. The zero-order valence-electron chi connectivity index (χ0n) is 26.4. The van der Waals surface area contributed by atoms with Crippen molar-refractivity contribution >= 4 is 45.0 Å². The third-order valence-electron chi connectivity index (χ3n) is 9.93. The Labute approximate surface area is 274 Å². The highest BCUT2D eigenvalue weighted by Gasteiger charge is 2.39. The van der Waals surface area contributed by atoms with Gasteiger partial charge in [0.15, 0.2) is 6.17 Å². The maximum absolute atomic E-state index is 6.50. The van der Waals surface area contributed by atoms with E-state index in [9.17, 15) is 0 Å². The Balaban J connectivity index is 1.24. The first kappa shape index (κ1) is 27.6. The molecule has 0 radical (unpaired) electrons. The maximum atomic E-state index is 6.50. The van der Waals surface area contributed by atoms with Gasteiger partial charge in [0.25, 0.3) is 0 Å². The van der Waals surface area contributed by atoms with Crippen LogP contribution >= 0.6 is 0 Å². The van der Waals surface area contributed by atoms with Gasteiger partial charge in [-0.2, -0.15) is 0 Å². The number of nitrogens with one attached hydrogen (secondary N) is 1. The number of guanidine groups is 1. The molecule has 1 N–H and O–H groups in total. The first-order chi connectivity index (χ1) is 23.1. The Morgan fingerprint density at radius 1 is 0.766 bits per heavy atom. The van der Waals surface area contributed by atoms with E-state index in [1.807, 2.05) is 18.2 Å². The lowest BCUT2D eigenvalue weighted by Crippen LogP contribution is -2.49. The van der Waals surface area contributed by atoms with Gasteiger partial charge in [0.05, 0.1) is 0 Å². The number of hydrogen-bond donors (Lipinski definition) is 1. The highest BCUT2D eigenvalue weighted by Crippen LogP contribution is 2.48. The first-order valence-electron chi connectivity index (χ1n) is 16.3. The minimum Gasteiger partial charge on any atom is -0.456 e. The number of furan rings is 1. The second kappa shape index (κ2) is 10.7. The molecule has 0 saturated carbocycles. The van der Waals surface area contributed by atoms with Crippen LogP contribution in [0.3, 0.4) is 0 Å². The van der Waals surface area contributed by atoms with Gasteiger partial charge in [-0.3, -0.25) is 0 Å². The lowest BCUT2D eigenvalue weighted by atomic mass is 9.81. The van der Waals surface area contributed by atoms with Gasteiger partial charge in [0.1, 0.15) is 17.0 Å². The Bertz CT molecular complexity index is 2320. The maximum Gasteiger partial charge on any atom is 0.207 e. The third kappa shape index (κ3) is 4.45. The van der Waals surface area contributed by atoms with Crippen molar-refractivity contribution in [2.75, 3.05) is 11.4 Å². The molecule has 0 saturated heterocycles. The van der Waals surface area contributed by atoms with Crippen molar-refractivity contribution in [3.05, 3.63) is 167 Å². The van der Waals surface area contributed by atoms with Crippen molar-refractivity contribution in [1.29, 1.82) is 0 Å². The van der Waals surface area contributed by atoms with Gasteiger partial charge in [-0.05, 0) is 46.4 Å². The number of nitrogens with zero attached hydrogens (tertiary/aromatic N) is 3. The lowest BCUT2D eigenvalue weighted by molar-refractivity contribution is 0.622. The van der Waals surface area contributed by atoms with Crippen LogP contribution in [0.1, 0.15) is 47.8 Å². The first-order valence-corrected chi connectivity index (χ1v) is 16.3. The van der Waals surface area contributed by atoms with E-state index in [-0.39, 0.29) is 5.41 Å². The number of allylic oxidation sites excluding steroid dienone is 3. The molecular weight excluding hydrogens is 576 g/mol. The molecule has 1 unspecified atom stereocenters. The van der Waals surface area contributed by atoms with Crippen molar-refractivity contribution in [3.63, 3.8) is 0 Å². The van der Waals surface area contributed by atoms with Crippen LogP contribution in [-0.2, 0) is 11.8 Å². The predicted octanol–water partition coefficient (Wildman–Crippen LogP) is 9.35. The number of fused-ring (bicyclic) bond motifs is 6. The Hall–Kier alpha value is -5.68. The van der Waals surface area contributed by atoms with Crippen LogP contribution in [0.25, 0.3) is 27.5 Å². The SMILES string of the molecule is CC1(C)C2=C(/C=C\Cc3ccccc3N(C3=NC(c4cccc5c4oc4ccccc45)N=C(c4ccccc4)N3)C2)c2ccccc21. The molecular formula is C42H34N4O. The topological polar surface area (TPSA) is 53.1 Å². The zero-order chi connectivity index (χ0) is 31.5. The van der Waals surface area contributed by atoms with Gasteiger partial charge in [0.2, 0.25) is 5.96 Å². The molecule has 2 aliphatic heterocycles. The van der Waals surface area contributed by atoms with Crippen LogP contribution in [-0.4, -0.2) is 18.3 Å². The van der Waals surface area contributed by atoms with E-state index in [0.29, 0.717) is 6.54 Å². The molecule has 0 fully saturated rings. The molecule has 3 heterocycles. The Morgan fingerprint density at radius 2 is 1.53 bits per heavy atom. The van der Waals surface area contributed by atoms with Gasteiger partial charge < -0.3 is 14.6 Å². The summed E-state index contributed by atoms with van der Waals surface area (Å²) >= 11 is 0. The summed E-state index contributed by atoms with van der Waals surface area (Å²) in [7, 11) is 0. The molecule has 3 aliphatic rings. The van der Waals surface area contributed by atoms with Gasteiger partial charge in [-0.1, -0.05) is 135 Å². The summed E-state index contributed by atoms with van der Waals surface area (Å²) in [5, 5.41) is 5.87. The zero-order valence-corrected chi connectivity index (χ0v) is 26.4. The average Bonchev–Trinajstić information content (AvgIpc) is 3.62. The molecule has 228 valence electrons. The minimum absolute atomic E-state index is 0.154. The summed E-state index contributed by atoms with van der Waals surface area (Å²) in [4.78, 5) is 13.0. The van der Waals surface area contributed by atoms with Crippen LogP contribution in [0.2, 0.25) is 0 Å². The Morgan fingerprint density at radius 3 is 2.45 bits per heavy atom. The fourth-order valence-corrected chi connectivity index (χ4v) is 7.51. The molecule has 0 bridgehead atoms. The summed E-state index contributed by atoms with van der Waals surface area (Å²) in [6.07, 6.45) is 4.96. The summed E-state index contributed by atoms with van der Waals surface area (Å²) in [5.74, 6) is 1.55. The molecule has 1 aliphatic carbocycles. The van der Waals surface area contributed by atoms with Gasteiger partial charge in [-0.15, -0.1) is 0 Å². The van der Waals surface area contributed by atoms with Crippen LogP contribution < -0.4 is 10.2 Å². The van der Waals surface area contributed by atoms with Crippen LogP contribution in [0.5, 0.6) is 0 Å². The molecule has 6 aromatic rings. The summed E-state index contributed by atoms with van der Waals surface area (Å²) in [5.41, 5.74) is 11.2. The number of aliphatic imine (C=N–C) groups is 2. The number of benzene rings is 5. The molecule has 1 aromatic heterocycles. The molecule has 47 heavy (non-hydrogen) atoms. The summed E-state index contributed by atoms with van der Waals surface area (Å²) < 4.78 is 6.50. The van der Waals surface area contributed by atoms with E-state index in [2.05, 4.69) is 139 Å². The quantitative estimate of drug-likeness (QED) is 0.213. The average molecular weight is 611 g/mol. The molecule has 0 amide bonds. The van der Waals surface area contributed by atoms with Crippen molar-refractivity contribution in [2.24, 2.45) is 9.98 Å². The molecule has 5 nitrogen and oxygen atoms in total. The van der Waals surface area contributed by atoms with Crippen LogP contribution in [0.15, 0.2) is 153 Å². The van der Waals surface area contributed by atoms with Crippen molar-refractivity contribution in [3.8, 4) is 0 Å². The van der Waals surface area contributed by atoms with E-state index in [4.69, 9.17) is 14.4 Å². The number of hydrogen-bond acceptors (Lipinski definition) is 5. The molecule has 1 atom stereocenters. The number of anilines is 1. The minimum atomic E-state index is -0.508. The molecule has 5 heteroatoms. The molecule has 9 rings (SSSR count). The van der Waals surface area contributed by atoms with Gasteiger partial charge in [-0.25, -0.2) is 9.98 Å². The van der Waals surface area contributed by atoms with E-state index in [1.54, 1.807) is 0 Å².